The standard InChI is InChI=1S/C18H25NO4S/c1-2-22-18-13(5-3-9-20)14(16-6-4-10-24-16)11-15(23-18)17(21)19-12-7-8-12/h4,6,10-14,18,20H,2-3,5,7-9H2,1H3,(H,19,21)/t13-,14+,18-/m1/s1. The van der Waals surface area contributed by atoms with Crippen LogP contribution in [0.25, 0.3) is 0 Å². The summed E-state index contributed by atoms with van der Waals surface area (Å²) in [6.45, 7) is 2.59. The third-order valence-corrected chi connectivity index (χ3v) is 5.39. The first-order valence-corrected chi connectivity index (χ1v) is 9.56. The molecule has 2 N–H and O–H groups in total. The monoisotopic (exact) mass is 351 g/mol. The molecule has 0 spiro atoms. The lowest BCUT2D eigenvalue weighted by molar-refractivity contribution is -0.166. The number of thiophene rings is 1. The summed E-state index contributed by atoms with van der Waals surface area (Å²) < 4.78 is 11.7. The molecule has 6 heteroatoms. The highest BCUT2D eigenvalue weighted by atomic mass is 32.1. The quantitative estimate of drug-likeness (QED) is 0.756. The first-order valence-electron chi connectivity index (χ1n) is 8.68. The largest absolute Gasteiger partial charge is 0.459 e. The summed E-state index contributed by atoms with van der Waals surface area (Å²) in [5, 5.41) is 14.2. The van der Waals surface area contributed by atoms with E-state index in [2.05, 4.69) is 11.4 Å². The number of aliphatic hydroxyl groups excluding tert-OH is 1. The van der Waals surface area contributed by atoms with E-state index in [4.69, 9.17) is 9.47 Å². The van der Waals surface area contributed by atoms with E-state index >= 15 is 0 Å². The van der Waals surface area contributed by atoms with Crippen molar-refractivity contribution in [3.8, 4) is 0 Å². The molecule has 132 valence electrons. The maximum absolute atomic E-state index is 12.4. The molecule has 0 radical (unpaired) electrons. The van der Waals surface area contributed by atoms with Gasteiger partial charge in [-0.1, -0.05) is 6.07 Å². The van der Waals surface area contributed by atoms with Gasteiger partial charge in [-0.15, -0.1) is 11.3 Å². The lowest BCUT2D eigenvalue weighted by Gasteiger charge is -2.36. The molecular weight excluding hydrogens is 326 g/mol. The van der Waals surface area contributed by atoms with E-state index in [9.17, 15) is 9.90 Å². The van der Waals surface area contributed by atoms with E-state index in [1.165, 1.54) is 4.88 Å². The zero-order valence-corrected chi connectivity index (χ0v) is 14.8. The Kier molecular flexibility index (Phi) is 5.92. The summed E-state index contributed by atoms with van der Waals surface area (Å²) in [7, 11) is 0. The maximum Gasteiger partial charge on any atom is 0.286 e. The fourth-order valence-electron chi connectivity index (χ4n) is 3.06. The van der Waals surface area contributed by atoms with Crippen molar-refractivity contribution in [1.82, 2.24) is 5.32 Å². The Morgan fingerprint density at radius 1 is 1.50 bits per heavy atom. The second-order valence-electron chi connectivity index (χ2n) is 6.29. The first-order chi connectivity index (χ1) is 11.7. The van der Waals surface area contributed by atoms with Crippen LogP contribution in [0.15, 0.2) is 29.3 Å². The van der Waals surface area contributed by atoms with Gasteiger partial charge in [-0.05, 0) is 50.1 Å². The van der Waals surface area contributed by atoms with Crippen LogP contribution in [-0.4, -0.2) is 36.6 Å². The highest BCUT2D eigenvalue weighted by molar-refractivity contribution is 7.10. The predicted molar refractivity (Wildman–Crippen MR) is 92.6 cm³/mol. The molecular formula is C18H25NO4S. The third kappa shape index (κ3) is 4.18. The molecule has 1 aromatic heterocycles. The molecule has 3 rings (SSSR count). The van der Waals surface area contributed by atoms with Crippen LogP contribution in [0.3, 0.4) is 0 Å². The van der Waals surface area contributed by atoms with Gasteiger partial charge in [0.15, 0.2) is 5.76 Å². The number of aliphatic hydroxyl groups is 1. The van der Waals surface area contributed by atoms with Gasteiger partial charge in [0, 0.05) is 36.0 Å². The van der Waals surface area contributed by atoms with E-state index in [1.807, 2.05) is 24.4 Å². The van der Waals surface area contributed by atoms with E-state index in [0.29, 0.717) is 24.8 Å². The van der Waals surface area contributed by atoms with Gasteiger partial charge in [0.2, 0.25) is 6.29 Å². The summed E-state index contributed by atoms with van der Waals surface area (Å²) in [6, 6.07) is 4.40. The number of carbonyl (C=O) groups excluding carboxylic acids is 1. The molecule has 5 nitrogen and oxygen atoms in total. The van der Waals surface area contributed by atoms with Crippen LogP contribution >= 0.6 is 11.3 Å². The van der Waals surface area contributed by atoms with Crippen molar-refractivity contribution in [2.24, 2.45) is 5.92 Å². The summed E-state index contributed by atoms with van der Waals surface area (Å²) in [5.41, 5.74) is 0. The average molecular weight is 351 g/mol. The molecule has 1 aromatic rings. The van der Waals surface area contributed by atoms with Gasteiger partial charge in [0.05, 0.1) is 0 Å². The average Bonchev–Trinajstić information content (AvgIpc) is 3.23. The smallest absolute Gasteiger partial charge is 0.286 e. The summed E-state index contributed by atoms with van der Waals surface area (Å²) in [6.07, 6.45) is 5.04. The third-order valence-electron chi connectivity index (χ3n) is 4.42. The van der Waals surface area contributed by atoms with Crippen molar-refractivity contribution in [3.05, 3.63) is 34.2 Å². The Morgan fingerprint density at radius 2 is 2.33 bits per heavy atom. The van der Waals surface area contributed by atoms with Crippen LogP contribution < -0.4 is 5.32 Å². The molecule has 0 unspecified atom stereocenters. The molecule has 0 saturated heterocycles. The number of rotatable bonds is 8. The maximum atomic E-state index is 12.4. The Balaban J connectivity index is 1.85. The second kappa shape index (κ2) is 8.14. The molecule has 24 heavy (non-hydrogen) atoms. The van der Waals surface area contributed by atoms with Crippen molar-refractivity contribution in [2.45, 2.75) is 50.9 Å². The Hall–Kier alpha value is -1.37. The zero-order valence-electron chi connectivity index (χ0n) is 13.9. The summed E-state index contributed by atoms with van der Waals surface area (Å²) >= 11 is 1.68. The van der Waals surface area contributed by atoms with Crippen molar-refractivity contribution >= 4 is 17.2 Å². The van der Waals surface area contributed by atoms with Gasteiger partial charge < -0.3 is 19.9 Å². The molecule has 1 aliphatic heterocycles. The normalized spacial score (nSPS) is 26.6. The Bertz CT molecular complexity index is 568. The lowest BCUT2D eigenvalue weighted by Crippen LogP contribution is -2.39. The topological polar surface area (TPSA) is 67.8 Å². The highest BCUT2D eigenvalue weighted by Gasteiger charge is 2.39. The SMILES string of the molecule is CCO[C@@H]1OC(C(=O)NC2CC2)=C[C@H](c2cccs2)[C@H]1CCCO. The number of hydrogen-bond acceptors (Lipinski definition) is 5. The molecule has 1 amide bonds. The van der Waals surface area contributed by atoms with Crippen LogP contribution in [0.5, 0.6) is 0 Å². The van der Waals surface area contributed by atoms with Crippen LogP contribution in [0.2, 0.25) is 0 Å². The Morgan fingerprint density at radius 3 is 2.96 bits per heavy atom. The van der Waals surface area contributed by atoms with E-state index < -0.39 is 6.29 Å². The van der Waals surface area contributed by atoms with Gasteiger partial charge in [0.25, 0.3) is 5.91 Å². The van der Waals surface area contributed by atoms with E-state index in [1.54, 1.807) is 11.3 Å². The predicted octanol–water partition coefficient (Wildman–Crippen LogP) is 2.78. The van der Waals surface area contributed by atoms with Crippen LogP contribution in [0.4, 0.5) is 0 Å². The lowest BCUT2D eigenvalue weighted by atomic mass is 9.84. The number of nitrogens with one attached hydrogen (secondary N) is 1. The van der Waals surface area contributed by atoms with Crippen molar-refractivity contribution in [2.75, 3.05) is 13.2 Å². The molecule has 2 heterocycles. The van der Waals surface area contributed by atoms with Gasteiger partial charge in [-0.3, -0.25) is 4.79 Å². The number of amides is 1. The van der Waals surface area contributed by atoms with Crippen molar-refractivity contribution < 1.29 is 19.4 Å². The minimum Gasteiger partial charge on any atom is -0.459 e. The van der Waals surface area contributed by atoms with Gasteiger partial charge in [0.1, 0.15) is 0 Å². The van der Waals surface area contributed by atoms with E-state index in [-0.39, 0.29) is 24.3 Å². The number of ether oxygens (including phenoxy) is 2. The van der Waals surface area contributed by atoms with Crippen molar-refractivity contribution in [3.63, 3.8) is 0 Å². The molecule has 3 atom stereocenters. The van der Waals surface area contributed by atoms with Crippen LogP contribution in [0.1, 0.15) is 43.4 Å². The fourth-order valence-corrected chi connectivity index (χ4v) is 3.93. The minimum absolute atomic E-state index is 0.0711. The van der Waals surface area contributed by atoms with Gasteiger partial charge in [-0.2, -0.15) is 0 Å². The molecule has 1 saturated carbocycles. The fraction of sp³-hybridized carbons (Fsp3) is 0.611. The Labute approximate surface area is 146 Å². The molecule has 1 aliphatic carbocycles. The number of carbonyl (C=O) groups is 1. The summed E-state index contributed by atoms with van der Waals surface area (Å²) in [5.74, 6) is 0.374. The number of allylic oxidation sites excluding steroid dienone is 1. The van der Waals surface area contributed by atoms with Crippen LogP contribution in [0, 0.1) is 5.92 Å². The van der Waals surface area contributed by atoms with Crippen LogP contribution in [-0.2, 0) is 14.3 Å². The van der Waals surface area contributed by atoms with E-state index in [0.717, 1.165) is 19.3 Å². The van der Waals surface area contributed by atoms with Gasteiger partial charge >= 0.3 is 0 Å². The number of hydrogen-bond donors (Lipinski definition) is 2. The molecule has 0 bridgehead atoms. The molecule has 0 aromatic carbocycles. The zero-order chi connectivity index (χ0) is 16.9. The minimum atomic E-state index is -0.460. The first kappa shape index (κ1) is 17.5. The summed E-state index contributed by atoms with van der Waals surface area (Å²) in [4.78, 5) is 13.6. The van der Waals surface area contributed by atoms with Crippen molar-refractivity contribution in [1.29, 1.82) is 0 Å². The highest BCUT2D eigenvalue weighted by Crippen LogP contribution is 2.41. The van der Waals surface area contributed by atoms with Gasteiger partial charge in [-0.25, -0.2) is 0 Å². The second-order valence-corrected chi connectivity index (χ2v) is 7.27. The molecule has 2 aliphatic rings. The molecule has 1 fully saturated rings.